The van der Waals surface area contributed by atoms with Gasteiger partial charge in [-0.1, -0.05) is 0 Å². The van der Waals surface area contributed by atoms with E-state index in [2.05, 4.69) is 0 Å². The van der Waals surface area contributed by atoms with Gasteiger partial charge in [-0.05, 0) is 0 Å². The van der Waals surface area contributed by atoms with Crippen molar-refractivity contribution in [3.8, 4) is 17.1 Å². The van der Waals surface area contributed by atoms with Gasteiger partial charge >= 0.3 is 0 Å². The number of nitrogen functional groups attached to an aromatic ring is 6. The first-order valence-electron chi connectivity index (χ1n) is 7.19. The molecule has 0 unspecified atom stereocenters. The highest BCUT2D eigenvalue weighted by molar-refractivity contribution is 6.05. The molecule has 0 aliphatic heterocycles. The molecule has 0 amide bonds. The molecule has 0 bridgehead atoms. The third-order valence-electron chi connectivity index (χ3n) is 4.02. The summed E-state index contributed by atoms with van der Waals surface area (Å²) in [6.07, 6.45) is 0. The van der Waals surface area contributed by atoms with Crippen LogP contribution in [-0.4, -0.2) is 7.11 Å². The molecule has 2 aromatic carbocycles. The number of rotatable bonds is 2. The van der Waals surface area contributed by atoms with Crippen molar-refractivity contribution < 1.29 is 9.15 Å². The van der Waals surface area contributed by atoms with E-state index in [1.54, 1.807) is 0 Å². The van der Waals surface area contributed by atoms with E-state index in [0.717, 1.165) is 0 Å². The summed E-state index contributed by atoms with van der Waals surface area (Å²) < 4.78 is 10.9. The predicted molar refractivity (Wildman–Crippen MR) is 101 cm³/mol. The fourth-order valence-electron chi connectivity index (χ4n) is 2.65. The van der Waals surface area contributed by atoms with Crippen molar-refractivity contribution in [2.75, 3.05) is 41.5 Å². The van der Waals surface area contributed by atoms with Gasteiger partial charge in [0.2, 0.25) is 0 Å². The topological polar surface area (TPSA) is 196 Å². The molecule has 0 aliphatic rings. The van der Waals surface area contributed by atoms with E-state index >= 15 is 0 Å². The number of nitrogens with two attached hydrogens (primary N) is 6. The zero-order valence-corrected chi connectivity index (χ0v) is 13.4. The summed E-state index contributed by atoms with van der Waals surface area (Å²) in [5.74, 6) is 0.529. The number of fused-ring (bicyclic) bond motifs is 1. The van der Waals surface area contributed by atoms with Crippen molar-refractivity contribution in [2.45, 2.75) is 0 Å². The van der Waals surface area contributed by atoms with Crippen LogP contribution in [0.15, 0.2) is 27.4 Å². The minimum atomic E-state index is -0.371. The summed E-state index contributed by atoms with van der Waals surface area (Å²) >= 11 is 0. The number of hydrogen-bond donors (Lipinski definition) is 6. The van der Waals surface area contributed by atoms with Crippen molar-refractivity contribution in [3.63, 3.8) is 0 Å². The SMILES string of the molecule is COc1cc(N)c2c(=O)cc(-c3c(N)c(N)c(N)c(N)c3N)oc2c1. The van der Waals surface area contributed by atoms with Crippen LogP contribution in [-0.2, 0) is 0 Å². The maximum Gasteiger partial charge on any atom is 0.195 e. The van der Waals surface area contributed by atoms with E-state index < -0.39 is 0 Å². The molecule has 9 nitrogen and oxygen atoms in total. The summed E-state index contributed by atoms with van der Waals surface area (Å²) in [5.41, 5.74) is 36.1. The van der Waals surface area contributed by atoms with E-state index in [0.29, 0.717) is 5.75 Å². The molecule has 1 heterocycles. The third-order valence-corrected chi connectivity index (χ3v) is 4.02. The smallest absolute Gasteiger partial charge is 0.195 e. The van der Waals surface area contributed by atoms with E-state index in [4.69, 9.17) is 43.6 Å². The molecule has 12 N–H and O–H groups in total. The Bertz CT molecular complexity index is 1040. The molecule has 3 aromatic rings. The van der Waals surface area contributed by atoms with E-state index in [-0.39, 0.29) is 61.8 Å². The molecule has 0 saturated carbocycles. The van der Waals surface area contributed by atoms with Gasteiger partial charge in [0.15, 0.2) is 5.43 Å². The number of hydrogen-bond acceptors (Lipinski definition) is 9. The largest absolute Gasteiger partial charge is 0.497 e. The van der Waals surface area contributed by atoms with Crippen LogP contribution in [0.4, 0.5) is 34.1 Å². The summed E-state index contributed by atoms with van der Waals surface area (Å²) in [5, 5.41) is 0.220. The Balaban J connectivity index is 2.41. The monoisotopic (exact) mass is 342 g/mol. The molecule has 9 heteroatoms. The van der Waals surface area contributed by atoms with Gasteiger partial charge in [-0.3, -0.25) is 4.79 Å². The zero-order chi connectivity index (χ0) is 18.5. The normalized spacial score (nSPS) is 10.9. The number of ether oxygens (including phenoxy) is 1. The molecular weight excluding hydrogens is 324 g/mol. The van der Waals surface area contributed by atoms with Gasteiger partial charge in [0, 0.05) is 18.2 Å². The maximum atomic E-state index is 12.5. The van der Waals surface area contributed by atoms with Gasteiger partial charge in [0.25, 0.3) is 0 Å². The van der Waals surface area contributed by atoms with Gasteiger partial charge in [-0.25, -0.2) is 0 Å². The first kappa shape index (κ1) is 16.1. The molecule has 0 aliphatic carbocycles. The number of benzene rings is 2. The quantitative estimate of drug-likeness (QED) is 0.367. The maximum absolute atomic E-state index is 12.5. The first-order chi connectivity index (χ1) is 11.8. The second kappa shape index (κ2) is 5.41. The molecule has 25 heavy (non-hydrogen) atoms. The minimum Gasteiger partial charge on any atom is -0.497 e. The van der Waals surface area contributed by atoms with Gasteiger partial charge in [-0.2, -0.15) is 0 Å². The van der Waals surface area contributed by atoms with Gasteiger partial charge in [0.05, 0.1) is 52.2 Å². The average Bonchev–Trinajstić information content (AvgIpc) is 2.57. The van der Waals surface area contributed by atoms with Crippen LogP contribution in [0.25, 0.3) is 22.3 Å². The molecular formula is C16H18N6O3. The number of anilines is 6. The molecule has 0 fully saturated rings. The van der Waals surface area contributed by atoms with Crippen molar-refractivity contribution in [3.05, 3.63) is 28.4 Å². The predicted octanol–water partition coefficient (Wildman–Crippen LogP) is 0.962. The first-order valence-corrected chi connectivity index (χ1v) is 7.19. The minimum absolute atomic E-state index is 0.0644. The highest BCUT2D eigenvalue weighted by Gasteiger charge is 2.21. The zero-order valence-electron chi connectivity index (χ0n) is 13.4. The standard InChI is InChI=1S/C16H18N6O3/c1-24-5-2-6(17)10-7(23)4-9(25-8(10)3-5)11-12(18)14(20)16(22)15(21)13(11)19/h2-4H,17-22H2,1H3. The second-order valence-electron chi connectivity index (χ2n) is 5.51. The Morgan fingerprint density at radius 1 is 0.840 bits per heavy atom. The van der Waals surface area contributed by atoms with E-state index in [1.165, 1.54) is 25.3 Å². The molecule has 3 rings (SSSR count). The Hall–Kier alpha value is -3.75. The Morgan fingerprint density at radius 3 is 1.96 bits per heavy atom. The van der Waals surface area contributed by atoms with Crippen LogP contribution >= 0.6 is 0 Å². The fourth-order valence-corrected chi connectivity index (χ4v) is 2.65. The highest BCUT2D eigenvalue weighted by atomic mass is 16.5. The lowest BCUT2D eigenvalue weighted by molar-refractivity contribution is 0.414. The van der Waals surface area contributed by atoms with Gasteiger partial charge in [0.1, 0.15) is 17.1 Å². The number of methoxy groups -OCH3 is 1. The second-order valence-corrected chi connectivity index (χ2v) is 5.51. The van der Waals surface area contributed by atoms with Crippen molar-refractivity contribution in [1.82, 2.24) is 0 Å². The molecule has 1 aromatic heterocycles. The fraction of sp³-hybridized carbons (Fsp3) is 0.0625. The van der Waals surface area contributed by atoms with Gasteiger partial charge < -0.3 is 43.6 Å². The van der Waals surface area contributed by atoms with Crippen LogP contribution in [0.1, 0.15) is 0 Å². The molecule has 0 atom stereocenters. The highest BCUT2D eigenvalue weighted by Crippen LogP contribution is 2.44. The van der Waals surface area contributed by atoms with Crippen molar-refractivity contribution in [1.29, 1.82) is 0 Å². The van der Waals surface area contributed by atoms with E-state index in [9.17, 15) is 4.79 Å². The molecule has 130 valence electrons. The molecule has 0 radical (unpaired) electrons. The van der Waals surface area contributed by atoms with Crippen LogP contribution in [0.5, 0.6) is 5.75 Å². The van der Waals surface area contributed by atoms with E-state index in [1.807, 2.05) is 0 Å². The lowest BCUT2D eigenvalue weighted by Gasteiger charge is -2.16. The average molecular weight is 342 g/mol. The van der Waals surface area contributed by atoms with Crippen LogP contribution in [0, 0.1) is 0 Å². The Kier molecular flexibility index (Phi) is 3.49. The Labute approximate surface area is 142 Å². The Morgan fingerprint density at radius 2 is 1.40 bits per heavy atom. The molecule has 0 spiro atoms. The summed E-state index contributed by atoms with van der Waals surface area (Å²) in [6, 6.07) is 4.29. The van der Waals surface area contributed by atoms with Gasteiger partial charge in [-0.15, -0.1) is 0 Å². The lowest BCUT2D eigenvalue weighted by atomic mass is 10.0. The van der Waals surface area contributed by atoms with Crippen molar-refractivity contribution in [2.24, 2.45) is 0 Å². The summed E-state index contributed by atoms with van der Waals surface area (Å²) in [7, 11) is 1.47. The summed E-state index contributed by atoms with van der Waals surface area (Å²) in [6.45, 7) is 0. The summed E-state index contributed by atoms with van der Waals surface area (Å²) in [4.78, 5) is 12.5. The van der Waals surface area contributed by atoms with Crippen LogP contribution in [0.2, 0.25) is 0 Å². The van der Waals surface area contributed by atoms with Crippen LogP contribution in [0.3, 0.4) is 0 Å². The third kappa shape index (κ3) is 2.29. The molecule has 0 saturated heterocycles. The van der Waals surface area contributed by atoms with Crippen molar-refractivity contribution >= 4 is 45.1 Å². The lowest BCUT2D eigenvalue weighted by Crippen LogP contribution is -2.10. The van der Waals surface area contributed by atoms with Crippen LogP contribution < -0.4 is 44.6 Å².